The normalized spacial score (nSPS) is 15.8. The number of anilines is 3. The molecule has 3 aromatic heterocycles. The third kappa shape index (κ3) is 4.78. The molecule has 1 aliphatic heterocycles. The number of carbonyl (C=O) groups excluding carboxylic acids is 1. The number of carbonyl (C=O) groups is 1. The number of aromatic amines is 1. The predicted octanol–water partition coefficient (Wildman–Crippen LogP) is 3.89. The molecule has 3 N–H and O–H groups in total. The summed E-state index contributed by atoms with van der Waals surface area (Å²) < 4.78 is 1.79. The molecule has 0 saturated carbocycles. The molecule has 1 aromatic carbocycles. The molecule has 0 spiro atoms. The number of hydrogen-bond donors (Lipinski definition) is 3. The molecule has 4 heterocycles. The highest BCUT2D eigenvalue weighted by atomic mass is 16.2. The summed E-state index contributed by atoms with van der Waals surface area (Å²) in [5.74, 6) is 1.44. The van der Waals surface area contributed by atoms with Crippen molar-refractivity contribution in [3.05, 3.63) is 47.9 Å². The van der Waals surface area contributed by atoms with E-state index in [-0.39, 0.29) is 5.91 Å². The summed E-state index contributed by atoms with van der Waals surface area (Å²) in [6.07, 6.45) is 5.22. The highest BCUT2D eigenvalue weighted by Gasteiger charge is 2.24. The minimum Gasteiger partial charge on any atom is -0.359 e. The topological polar surface area (TPSA) is 128 Å². The minimum atomic E-state index is -0.0633. The van der Waals surface area contributed by atoms with Crippen molar-refractivity contribution in [1.82, 2.24) is 29.6 Å². The van der Waals surface area contributed by atoms with E-state index >= 15 is 0 Å². The fraction of sp³-hybridized carbons (Fsp3) is 0.346. The third-order valence-corrected chi connectivity index (χ3v) is 6.69. The van der Waals surface area contributed by atoms with Gasteiger partial charge < -0.3 is 15.6 Å². The first-order chi connectivity index (χ1) is 17.4. The molecule has 5 rings (SSSR count). The minimum absolute atomic E-state index is 0.0633. The van der Waals surface area contributed by atoms with Crippen molar-refractivity contribution in [2.75, 3.05) is 30.3 Å². The van der Waals surface area contributed by atoms with Crippen LogP contribution in [0.15, 0.2) is 36.7 Å². The van der Waals surface area contributed by atoms with Crippen molar-refractivity contribution in [3.63, 3.8) is 0 Å². The molecule has 10 nitrogen and oxygen atoms in total. The molecule has 184 valence electrons. The maximum absolute atomic E-state index is 12.8. The zero-order valence-corrected chi connectivity index (χ0v) is 20.7. The molecule has 1 aliphatic rings. The molecule has 0 radical (unpaired) electrons. The lowest BCUT2D eigenvalue weighted by Crippen LogP contribution is -2.31. The Hall–Kier alpha value is -4.23. The van der Waals surface area contributed by atoms with Crippen molar-refractivity contribution in [2.24, 2.45) is 13.0 Å². The van der Waals surface area contributed by atoms with Gasteiger partial charge >= 0.3 is 0 Å². The summed E-state index contributed by atoms with van der Waals surface area (Å²) in [7, 11) is 1.89. The lowest BCUT2D eigenvalue weighted by atomic mass is 10.1. The van der Waals surface area contributed by atoms with Gasteiger partial charge in [0.25, 0.3) is 0 Å². The second-order valence-electron chi connectivity index (χ2n) is 9.38. The lowest BCUT2D eigenvalue weighted by molar-refractivity contribution is -0.117. The molecule has 1 saturated heterocycles. The van der Waals surface area contributed by atoms with E-state index in [2.05, 4.69) is 36.7 Å². The Balaban J connectivity index is 1.36. The number of amides is 1. The Morgan fingerprint density at radius 1 is 1.33 bits per heavy atom. The molecular formula is C26H29N9O. The van der Waals surface area contributed by atoms with Gasteiger partial charge in [0, 0.05) is 55.1 Å². The standard InChI is InChI=1S/C26H29N9O/c1-16-12-29-26(31-22-11-17(2)34(3)33-22)32-24(16)20-13-28-25-19(20)5-4-6-21(25)30-23(36)15-35-10-8-18(14-35)7-9-27/h4-6,11-13,18,28H,7-8,10,14-15H2,1-3H3,(H,30,36)(H,29,31,32,33). The molecule has 4 aromatic rings. The molecule has 0 aliphatic carbocycles. The van der Waals surface area contributed by atoms with E-state index in [0.29, 0.717) is 30.6 Å². The van der Waals surface area contributed by atoms with Crippen LogP contribution in [-0.4, -0.2) is 55.2 Å². The zero-order chi connectivity index (χ0) is 25.2. The first-order valence-corrected chi connectivity index (χ1v) is 12.0. The average molecular weight is 484 g/mol. The quantitative estimate of drug-likeness (QED) is 0.364. The SMILES string of the molecule is Cc1cnc(Nc2cc(C)n(C)n2)nc1-c1c[nH]c2c(NC(=O)CN3CCC(CC#N)C3)cccc12. The molecular weight excluding hydrogens is 454 g/mol. The second kappa shape index (κ2) is 9.79. The molecule has 10 heteroatoms. The zero-order valence-electron chi connectivity index (χ0n) is 20.7. The summed E-state index contributed by atoms with van der Waals surface area (Å²) in [6, 6.07) is 10.0. The van der Waals surface area contributed by atoms with Crippen LogP contribution in [-0.2, 0) is 11.8 Å². The fourth-order valence-electron chi connectivity index (χ4n) is 4.71. The van der Waals surface area contributed by atoms with Gasteiger partial charge in [-0.2, -0.15) is 10.4 Å². The van der Waals surface area contributed by atoms with E-state index in [1.165, 1.54) is 0 Å². The van der Waals surface area contributed by atoms with Crippen LogP contribution >= 0.6 is 0 Å². The van der Waals surface area contributed by atoms with Crippen LogP contribution in [0.25, 0.3) is 22.2 Å². The van der Waals surface area contributed by atoms with Crippen LogP contribution in [0.1, 0.15) is 24.1 Å². The summed E-state index contributed by atoms with van der Waals surface area (Å²) >= 11 is 0. The monoisotopic (exact) mass is 483 g/mol. The number of nitriles is 1. The Bertz CT molecular complexity index is 1440. The number of hydrogen-bond acceptors (Lipinski definition) is 7. The Morgan fingerprint density at radius 3 is 2.97 bits per heavy atom. The van der Waals surface area contributed by atoms with Gasteiger partial charge in [-0.3, -0.25) is 14.4 Å². The summed E-state index contributed by atoms with van der Waals surface area (Å²) in [6.45, 7) is 5.92. The van der Waals surface area contributed by atoms with Crippen molar-refractivity contribution < 1.29 is 4.79 Å². The number of para-hydroxylation sites is 1. The molecule has 1 amide bonds. The lowest BCUT2D eigenvalue weighted by Gasteiger charge is -2.15. The van der Waals surface area contributed by atoms with Crippen LogP contribution in [0.4, 0.5) is 17.5 Å². The maximum Gasteiger partial charge on any atom is 0.238 e. The van der Waals surface area contributed by atoms with Crippen LogP contribution in [0.3, 0.4) is 0 Å². The van der Waals surface area contributed by atoms with Gasteiger partial charge in [-0.25, -0.2) is 9.97 Å². The number of fused-ring (bicyclic) bond motifs is 1. The van der Waals surface area contributed by atoms with Gasteiger partial charge in [-0.05, 0) is 44.4 Å². The number of aromatic nitrogens is 5. The van der Waals surface area contributed by atoms with E-state index < -0.39 is 0 Å². The van der Waals surface area contributed by atoms with E-state index in [0.717, 1.165) is 58.6 Å². The maximum atomic E-state index is 12.8. The number of rotatable bonds is 7. The first kappa shape index (κ1) is 23.5. The molecule has 36 heavy (non-hydrogen) atoms. The van der Waals surface area contributed by atoms with Crippen LogP contribution in [0, 0.1) is 31.1 Å². The van der Waals surface area contributed by atoms with Crippen molar-refractivity contribution in [2.45, 2.75) is 26.7 Å². The first-order valence-electron chi connectivity index (χ1n) is 12.0. The van der Waals surface area contributed by atoms with E-state index in [1.54, 1.807) is 10.9 Å². The van der Waals surface area contributed by atoms with Gasteiger partial charge in [-0.15, -0.1) is 0 Å². The molecule has 0 bridgehead atoms. The van der Waals surface area contributed by atoms with Crippen molar-refractivity contribution in [3.8, 4) is 17.3 Å². The van der Waals surface area contributed by atoms with Crippen LogP contribution in [0.5, 0.6) is 0 Å². The van der Waals surface area contributed by atoms with E-state index in [4.69, 9.17) is 10.2 Å². The van der Waals surface area contributed by atoms with Gasteiger partial charge in [0.15, 0.2) is 5.82 Å². The van der Waals surface area contributed by atoms with Gasteiger partial charge in [-0.1, -0.05) is 12.1 Å². The number of aryl methyl sites for hydroxylation is 3. The van der Waals surface area contributed by atoms with Crippen LogP contribution in [0.2, 0.25) is 0 Å². The summed E-state index contributed by atoms with van der Waals surface area (Å²) in [5.41, 5.74) is 5.27. The summed E-state index contributed by atoms with van der Waals surface area (Å²) in [4.78, 5) is 27.4. The van der Waals surface area contributed by atoms with Gasteiger partial charge in [0.2, 0.25) is 11.9 Å². The smallest absolute Gasteiger partial charge is 0.238 e. The highest BCUT2D eigenvalue weighted by molar-refractivity contribution is 6.06. The highest BCUT2D eigenvalue weighted by Crippen LogP contribution is 2.33. The van der Waals surface area contributed by atoms with E-state index in [9.17, 15) is 4.79 Å². The number of nitrogens with zero attached hydrogens (tertiary/aromatic N) is 6. The summed E-state index contributed by atoms with van der Waals surface area (Å²) in [5, 5.41) is 20.5. The van der Waals surface area contributed by atoms with Gasteiger partial charge in [0.05, 0.1) is 29.5 Å². The number of likely N-dealkylation sites (tertiary alicyclic amines) is 1. The van der Waals surface area contributed by atoms with Gasteiger partial charge in [0.1, 0.15) is 0 Å². The Kier molecular flexibility index (Phi) is 6.40. The van der Waals surface area contributed by atoms with Crippen molar-refractivity contribution >= 4 is 34.3 Å². The second-order valence-corrected chi connectivity index (χ2v) is 9.38. The number of H-pyrrole nitrogens is 1. The molecule has 1 unspecified atom stereocenters. The van der Waals surface area contributed by atoms with Crippen LogP contribution < -0.4 is 10.6 Å². The molecule has 1 atom stereocenters. The Morgan fingerprint density at radius 2 is 2.19 bits per heavy atom. The molecule has 1 fully saturated rings. The largest absolute Gasteiger partial charge is 0.359 e. The van der Waals surface area contributed by atoms with Crippen molar-refractivity contribution in [1.29, 1.82) is 5.26 Å². The number of nitrogens with one attached hydrogen (secondary N) is 3. The fourth-order valence-corrected chi connectivity index (χ4v) is 4.71. The Labute approximate surface area is 209 Å². The predicted molar refractivity (Wildman–Crippen MR) is 139 cm³/mol. The average Bonchev–Trinajstić information content (AvgIpc) is 3.55. The third-order valence-electron chi connectivity index (χ3n) is 6.69. The number of benzene rings is 1. The van der Waals surface area contributed by atoms with E-state index in [1.807, 2.05) is 51.4 Å².